The van der Waals surface area contributed by atoms with Gasteiger partial charge in [-0.2, -0.15) is 0 Å². The molecule has 0 fully saturated rings. The number of aromatic amines is 1. The van der Waals surface area contributed by atoms with Crippen LogP contribution in [0.1, 0.15) is 25.0 Å². The second kappa shape index (κ2) is 6.89. The number of rotatable bonds is 5. The topological polar surface area (TPSA) is 44.9 Å². The molecule has 2 N–H and O–H groups in total. The van der Waals surface area contributed by atoms with Gasteiger partial charge in [-0.1, -0.05) is 37.6 Å². The third-order valence-electron chi connectivity index (χ3n) is 4.38. The number of H-pyrrole nitrogens is 1. The summed E-state index contributed by atoms with van der Waals surface area (Å²) in [7, 11) is 0. The summed E-state index contributed by atoms with van der Waals surface area (Å²) in [6, 6.07) is 11.7. The van der Waals surface area contributed by atoms with Crippen molar-refractivity contribution in [3.8, 4) is 0 Å². The second-order valence-corrected chi connectivity index (χ2v) is 7.29. The molecule has 0 aliphatic rings. The molecule has 0 unspecified atom stereocenters. The maximum absolute atomic E-state index is 12.9. The fourth-order valence-corrected chi connectivity index (χ4v) is 3.09. The van der Waals surface area contributed by atoms with Crippen molar-refractivity contribution in [1.82, 2.24) is 10.3 Å². The molecule has 1 heterocycles. The van der Waals surface area contributed by atoms with Crippen molar-refractivity contribution >= 4 is 28.4 Å². The van der Waals surface area contributed by atoms with Gasteiger partial charge in [0.1, 0.15) is 5.82 Å². The fourth-order valence-electron chi connectivity index (χ4n) is 2.92. The number of benzene rings is 2. The standard InChI is InChI=1S/C20H20ClFN2O/c1-20(2,17-11-23-18-8-5-14(21)10-16(17)18)12-24-19(25)9-13-3-6-15(22)7-4-13/h3-8,10-11,23H,9,12H2,1-2H3,(H,24,25). The first-order chi connectivity index (χ1) is 11.8. The van der Waals surface area contributed by atoms with E-state index in [0.717, 1.165) is 22.0 Å². The Bertz CT molecular complexity index is 900. The normalized spacial score (nSPS) is 11.7. The van der Waals surface area contributed by atoms with Crippen molar-refractivity contribution in [2.45, 2.75) is 25.7 Å². The Morgan fingerprint density at radius 2 is 1.92 bits per heavy atom. The summed E-state index contributed by atoms with van der Waals surface area (Å²) in [5.74, 6) is -0.388. The summed E-state index contributed by atoms with van der Waals surface area (Å²) in [5, 5.41) is 4.72. The Labute approximate surface area is 151 Å². The first-order valence-corrected chi connectivity index (χ1v) is 8.51. The molecule has 3 nitrogen and oxygen atoms in total. The van der Waals surface area contributed by atoms with E-state index >= 15 is 0 Å². The van der Waals surface area contributed by atoms with Gasteiger partial charge in [-0.15, -0.1) is 0 Å². The number of carbonyl (C=O) groups excluding carboxylic acids is 1. The van der Waals surface area contributed by atoms with Crippen LogP contribution in [-0.4, -0.2) is 17.4 Å². The lowest BCUT2D eigenvalue weighted by atomic mass is 9.84. The monoisotopic (exact) mass is 358 g/mol. The van der Waals surface area contributed by atoms with Crippen molar-refractivity contribution in [3.63, 3.8) is 0 Å². The van der Waals surface area contributed by atoms with Crippen molar-refractivity contribution in [3.05, 3.63) is 70.6 Å². The molecular weight excluding hydrogens is 339 g/mol. The molecule has 5 heteroatoms. The number of carbonyl (C=O) groups is 1. The van der Waals surface area contributed by atoms with Crippen LogP contribution < -0.4 is 5.32 Å². The Morgan fingerprint density at radius 3 is 2.64 bits per heavy atom. The largest absolute Gasteiger partial charge is 0.361 e. The molecule has 0 aliphatic heterocycles. The number of nitrogens with one attached hydrogen (secondary N) is 2. The maximum Gasteiger partial charge on any atom is 0.224 e. The Morgan fingerprint density at radius 1 is 1.20 bits per heavy atom. The van der Waals surface area contributed by atoms with Gasteiger partial charge in [0.05, 0.1) is 6.42 Å². The summed E-state index contributed by atoms with van der Waals surface area (Å²) in [6.07, 6.45) is 2.20. The molecule has 0 bridgehead atoms. The van der Waals surface area contributed by atoms with Gasteiger partial charge in [0.25, 0.3) is 0 Å². The smallest absolute Gasteiger partial charge is 0.224 e. The molecule has 0 aliphatic carbocycles. The zero-order valence-corrected chi connectivity index (χ0v) is 15.0. The van der Waals surface area contributed by atoms with Crippen LogP contribution in [0.15, 0.2) is 48.7 Å². The first kappa shape index (κ1) is 17.5. The Balaban J connectivity index is 1.69. The molecule has 3 aromatic rings. The molecule has 130 valence electrons. The quantitative estimate of drug-likeness (QED) is 0.688. The van der Waals surface area contributed by atoms with Crippen LogP contribution in [0.3, 0.4) is 0 Å². The number of hydrogen-bond acceptors (Lipinski definition) is 1. The number of fused-ring (bicyclic) bond motifs is 1. The molecule has 1 aromatic heterocycles. The second-order valence-electron chi connectivity index (χ2n) is 6.86. The average Bonchev–Trinajstić information content (AvgIpc) is 2.99. The van der Waals surface area contributed by atoms with Crippen LogP contribution in [0.25, 0.3) is 10.9 Å². The molecule has 0 saturated heterocycles. The van der Waals surface area contributed by atoms with Crippen LogP contribution in [0.5, 0.6) is 0 Å². The van der Waals surface area contributed by atoms with Crippen LogP contribution in [0.2, 0.25) is 5.02 Å². The van der Waals surface area contributed by atoms with E-state index in [0.29, 0.717) is 11.6 Å². The summed E-state index contributed by atoms with van der Waals surface area (Å²) in [5.41, 5.74) is 2.65. The zero-order valence-electron chi connectivity index (χ0n) is 14.2. The van der Waals surface area contributed by atoms with Gasteiger partial charge < -0.3 is 10.3 Å². The van der Waals surface area contributed by atoms with Crippen LogP contribution in [-0.2, 0) is 16.6 Å². The lowest BCUT2D eigenvalue weighted by Gasteiger charge is -2.25. The molecule has 2 aromatic carbocycles. The van der Waals surface area contributed by atoms with Gasteiger partial charge in [0.2, 0.25) is 5.91 Å². The summed E-state index contributed by atoms with van der Waals surface area (Å²) >= 11 is 6.12. The highest BCUT2D eigenvalue weighted by molar-refractivity contribution is 6.31. The van der Waals surface area contributed by atoms with E-state index in [2.05, 4.69) is 24.1 Å². The zero-order chi connectivity index (χ0) is 18.0. The number of aromatic nitrogens is 1. The van der Waals surface area contributed by atoms with Crippen molar-refractivity contribution in [2.75, 3.05) is 6.54 Å². The number of halogens is 2. The Kier molecular flexibility index (Phi) is 4.82. The SMILES string of the molecule is CC(C)(CNC(=O)Cc1ccc(F)cc1)c1c[nH]c2ccc(Cl)cc12. The molecule has 25 heavy (non-hydrogen) atoms. The maximum atomic E-state index is 12.9. The minimum absolute atomic E-state index is 0.0856. The van der Waals surface area contributed by atoms with E-state index in [-0.39, 0.29) is 23.6 Å². The first-order valence-electron chi connectivity index (χ1n) is 8.13. The predicted molar refractivity (Wildman–Crippen MR) is 99.4 cm³/mol. The highest BCUT2D eigenvalue weighted by atomic mass is 35.5. The Hall–Kier alpha value is -2.33. The molecule has 0 saturated carbocycles. The van der Waals surface area contributed by atoms with E-state index in [1.165, 1.54) is 12.1 Å². The van der Waals surface area contributed by atoms with Gasteiger partial charge in [-0.3, -0.25) is 4.79 Å². The van der Waals surface area contributed by atoms with E-state index in [1.807, 2.05) is 24.4 Å². The van der Waals surface area contributed by atoms with Crippen molar-refractivity contribution in [1.29, 1.82) is 0 Å². The van der Waals surface area contributed by atoms with Crippen LogP contribution in [0, 0.1) is 5.82 Å². The van der Waals surface area contributed by atoms with E-state index in [1.54, 1.807) is 12.1 Å². The molecule has 1 amide bonds. The van der Waals surface area contributed by atoms with Gasteiger partial charge in [-0.25, -0.2) is 4.39 Å². The third-order valence-corrected chi connectivity index (χ3v) is 4.61. The summed E-state index contributed by atoms with van der Waals surface area (Å²) in [4.78, 5) is 15.4. The molecule has 0 atom stereocenters. The van der Waals surface area contributed by atoms with Gasteiger partial charge in [0, 0.05) is 34.1 Å². The van der Waals surface area contributed by atoms with E-state index in [9.17, 15) is 9.18 Å². The highest BCUT2D eigenvalue weighted by Crippen LogP contribution is 2.31. The van der Waals surface area contributed by atoms with Gasteiger partial charge in [-0.05, 0) is 41.5 Å². The molecule has 0 spiro atoms. The molecular formula is C20H20ClFN2O. The van der Waals surface area contributed by atoms with Crippen molar-refractivity contribution in [2.24, 2.45) is 0 Å². The molecule has 3 rings (SSSR count). The minimum atomic E-state index is -0.303. The highest BCUT2D eigenvalue weighted by Gasteiger charge is 2.24. The van der Waals surface area contributed by atoms with Gasteiger partial charge in [0.15, 0.2) is 0 Å². The van der Waals surface area contributed by atoms with E-state index in [4.69, 9.17) is 11.6 Å². The average molecular weight is 359 g/mol. The van der Waals surface area contributed by atoms with Crippen LogP contribution in [0.4, 0.5) is 4.39 Å². The number of amides is 1. The van der Waals surface area contributed by atoms with Crippen molar-refractivity contribution < 1.29 is 9.18 Å². The lowest BCUT2D eigenvalue weighted by Crippen LogP contribution is -2.37. The predicted octanol–water partition coefficient (Wildman–Crippen LogP) is 4.60. The third kappa shape index (κ3) is 4.02. The summed E-state index contributed by atoms with van der Waals surface area (Å²) in [6.45, 7) is 4.65. The summed E-state index contributed by atoms with van der Waals surface area (Å²) < 4.78 is 12.9. The lowest BCUT2D eigenvalue weighted by molar-refractivity contribution is -0.120. The van der Waals surface area contributed by atoms with Crippen LogP contribution >= 0.6 is 11.6 Å². The van der Waals surface area contributed by atoms with E-state index < -0.39 is 0 Å². The molecule has 0 radical (unpaired) electrons. The number of hydrogen-bond donors (Lipinski definition) is 2. The minimum Gasteiger partial charge on any atom is -0.361 e. The van der Waals surface area contributed by atoms with Gasteiger partial charge >= 0.3 is 0 Å². The fraction of sp³-hybridized carbons (Fsp3) is 0.250.